The number of nitrogens with one attached hydrogen (secondary N) is 1. The summed E-state index contributed by atoms with van der Waals surface area (Å²) in [6.07, 6.45) is 10.4. The number of amides is 1. The van der Waals surface area contributed by atoms with Crippen molar-refractivity contribution >= 4 is 22.2 Å². The minimum Gasteiger partial charge on any atom is -0.378 e. The lowest BCUT2D eigenvalue weighted by molar-refractivity contribution is -0.143. The number of hydrogen-bond acceptors (Lipinski definition) is 4. The van der Waals surface area contributed by atoms with E-state index in [0.29, 0.717) is 12.5 Å². The summed E-state index contributed by atoms with van der Waals surface area (Å²) in [5, 5.41) is 5.26. The van der Waals surface area contributed by atoms with E-state index in [9.17, 15) is 4.79 Å². The van der Waals surface area contributed by atoms with Crippen LogP contribution in [0.2, 0.25) is 0 Å². The molecular formula is C17H23N3O2S. The van der Waals surface area contributed by atoms with E-state index in [4.69, 9.17) is 4.74 Å². The summed E-state index contributed by atoms with van der Waals surface area (Å²) in [5.41, 5.74) is 1.04. The van der Waals surface area contributed by atoms with E-state index in [-0.39, 0.29) is 17.4 Å². The van der Waals surface area contributed by atoms with Crippen molar-refractivity contribution in [2.45, 2.75) is 57.6 Å². The molecule has 2 heterocycles. The maximum Gasteiger partial charge on any atom is 0.226 e. The summed E-state index contributed by atoms with van der Waals surface area (Å²) in [6.45, 7) is 2.82. The molecule has 0 radical (unpaired) electrons. The van der Waals surface area contributed by atoms with Gasteiger partial charge in [0.05, 0.1) is 18.2 Å². The molecule has 2 aliphatic rings. The highest BCUT2D eigenvalue weighted by molar-refractivity contribution is 7.15. The third-order valence-electron chi connectivity index (χ3n) is 5.51. The quantitative estimate of drug-likeness (QED) is 0.915. The Kier molecular flexibility index (Phi) is 3.89. The van der Waals surface area contributed by atoms with Gasteiger partial charge in [-0.15, -0.1) is 11.3 Å². The average Bonchev–Trinajstić information content (AvgIpc) is 3.22. The Balaban J connectivity index is 1.39. The monoisotopic (exact) mass is 333 g/mol. The second-order valence-corrected chi connectivity index (χ2v) is 7.61. The van der Waals surface area contributed by atoms with Crippen molar-refractivity contribution in [3.63, 3.8) is 0 Å². The van der Waals surface area contributed by atoms with Gasteiger partial charge >= 0.3 is 0 Å². The largest absolute Gasteiger partial charge is 0.378 e. The molecule has 1 spiro atoms. The fraction of sp³-hybridized carbons (Fsp3) is 0.647. The number of hydrogen-bond donors (Lipinski definition) is 1. The number of fused-ring (bicyclic) bond motifs is 1. The summed E-state index contributed by atoms with van der Waals surface area (Å²) >= 11 is 1.59. The molecule has 5 nitrogen and oxygen atoms in total. The Bertz CT molecular complexity index is 673. The highest BCUT2D eigenvalue weighted by atomic mass is 32.1. The van der Waals surface area contributed by atoms with Crippen molar-refractivity contribution in [1.29, 1.82) is 0 Å². The maximum atomic E-state index is 12.4. The minimum absolute atomic E-state index is 0.0852. The molecule has 0 aliphatic heterocycles. The molecule has 2 aliphatic carbocycles. The smallest absolute Gasteiger partial charge is 0.226 e. The van der Waals surface area contributed by atoms with Gasteiger partial charge in [0.15, 0.2) is 4.96 Å². The first kappa shape index (κ1) is 15.1. The molecule has 2 saturated carbocycles. The Hall–Kier alpha value is -1.40. The van der Waals surface area contributed by atoms with Gasteiger partial charge in [-0.05, 0) is 26.2 Å². The Morgan fingerprint density at radius 3 is 3.09 bits per heavy atom. The first-order chi connectivity index (χ1) is 11.2. The Morgan fingerprint density at radius 2 is 2.35 bits per heavy atom. The van der Waals surface area contributed by atoms with Crippen molar-refractivity contribution in [3.8, 4) is 0 Å². The lowest BCUT2D eigenvalue weighted by atomic mass is 9.60. The summed E-state index contributed by atoms with van der Waals surface area (Å²) < 4.78 is 7.88. The Morgan fingerprint density at radius 1 is 1.52 bits per heavy atom. The van der Waals surface area contributed by atoms with Crippen LogP contribution in [0.1, 0.15) is 44.7 Å². The molecule has 2 aromatic heterocycles. The van der Waals surface area contributed by atoms with E-state index in [1.165, 1.54) is 25.7 Å². The molecule has 4 rings (SSSR count). The number of ether oxygens (including phenoxy) is 1. The van der Waals surface area contributed by atoms with Gasteiger partial charge in [-0.2, -0.15) is 0 Å². The fourth-order valence-electron chi connectivity index (χ4n) is 4.36. The van der Waals surface area contributed by atoms with Crippen molar-refractivity contribution in [2.75, 3.05) is 6.61 Å². The van der Waals surface area contributed by atoms with Crippen molar-refractivity contribution in [2.24, 2.45) is 5.41 Å². The standard InChI is InChI=1S/C17H23N3O2S/c1-2-22-14-10-13(17(14)5-3-4-6-17)19-15(21)9-12-11-20-7-8-23-16(20)18-12/h7-8,11,13-14H,2-6,9-10H2,1H3,(H,19,21)/t13-,14-/m1/s1. The molecule has 6 heteroatoms. The number of rotatable bonds is 5. The summed E-state index contributed by atoms with van der Waals surface area (Å²) in [6, 6.07) is 0.276. The molecule has 1 amide bonds. The van der Waals surface area contributed by atoms with Crippen LogP contribution in [-0.2, 0) is 16.0 Å². The Labute approximate surface area is 140 Å². The van der Waals surface area contributed by atoms with E-state index in [1.807, 2.05) is 22.2 Å². The zero-order chi connectivity index (χ0) is 15.9. The number of aromatic nitrogens is 2. The van der Waals surface area contributed by atoms with Crippen molar-refractivity contribution in [1.82, 2.24) is 14.7 Å². The SMILES string of the molecule is CCO[C@@H]1C[C@@H](NC(=O)Cc2cn3ccsc3n2)C12CCCC2. The molecule has 23 heavy (non-hydrogen) atoms. The summed E-state index contributed by atoms with van der Waals surface area (Å²) in [5.74, 6) is 0.0852. The van der Waals surface area contributed by atoms with Crippen LogP contribution in [0, 0.1) is 5.41 Å². The average molecular weight is 333 g/mol. The molecule has 2 atom stereocenters. The highest BCUT2D eigenvalue weighted by Crippen LogP contribution is 2.54. The van der Waals surface area contributed by atoms with Gasteiger partial charge in [-0.1, -0.05) is 12.8 Å². The molecule has 2 fully saturated rings. The van der Waals surface area contributed by atoms with Gasteiger partial charge in [0.2, 0.25) is 5.91 Å². The van der Waals surface area contributed by atoms with Crippen LogP contribution in [0.15, 0.2) is 17.8 Å². The van der Waals surface area contributed by atoms with Crippen LogP contribution in [0.3, 0.4) is 0 Å². The van der Waals surface area contributed by atoms with Gasteiger partial charge in [-0.3, -0.25) is 9.20 Å². The van der Waals surface area contributed by atoms with Crippen LogP contribution in [-0.4, -0.2) is 34.0 Å². The summed E-state index contributed by atoms with van der Waals surface area (Å²) in [4.78, 5) is 17.9. The highest BCUT2D eigenvalue weighted by Gasteiger charge is 2.57. The number of imidazole rings is 1. The number of thiazole rings is 1. The molecule has 0 aromatic carbocycles. The minimum atomic E-state index is 0.0852. The van der Waals surface area contributed by atoms with E-state index in [0.717, 1.165) is 23.7 Å². The van der Waals surface area contributed by atoms with Crippen LogP contribution in [0.4, 0.5) is 0 Å². The number of nitrogens with zero attached hydrogens (tertiary/aromatic N) is 2. The summed E-state index contributed by atoms with van der Waals surface area (Å²) in [7, 11) is 0. The first-order valence-corrected chi connectivity index (χ1v) is 9.41. The van der Waals surface area contributed by atoms with Crippen LogP contribution in [0.25, 0.3) is 4.96 Å². The van der Waals surface area contributed by atoms with Crippen LogP contribution >= 0.6 is 11.3 Å². The molecular weight excluding hydrogens is 310 g/mol. The fourth-order valence-corrected chi connectivity index (χ4v) is 5.08. The lowest BCUT2D eigenvalue weighted by Gasteiger charge is -2.54. The maximum absolute atomic E-state index is 12.4. The molecule has 124 valence electrons. The molecule has 1 N–H and O–H groups in total. The second-order valence-electron chi connectivity index (χ2n) is 6.74. The third-order valence-corrected chi connectivity index (χ3v) is 6.28. The van der Waals surface area contributed by atoms with Crippen molar-refractivity contribution in [3.05, 3.63) is 23.5 Å². The normalized spacial score (nSPS) is 25.8. The van der Waals surface area contributed by atoms with Gasteiger partial charge in [0.25, 0.3) is 0 Å². The zero-order valence-corrected chi connectivity index (χ0v) is 14.3. The molecule has 0 saturated heterocycles. The number of carbonyl (C=O) groups is 1. The van der Waals surface area contributed by atoms with Gasteiger partial charge in [-0.25, -0.2) is 4.98 Å². The number of carbonyl (C=O) groups excluding carboxylic acids is 1. The molecule has 0 unspecified atom stereocenters. The van der Waals surface area contributed by atoms with Crippen molar-refractivity contribution < 1.29 is 9.53 Å². The molecule has 2 aromatic rings. The van der Waals surface area contributed by atoms with Crippen LogP contribution < -0.4 is 5.32 Å². The molecule has 0 bridgehead atoms. The third kappa shape index (κ3) is 2.58. The first-order valence-electron chi connectivity index (χ1n) is 8.53. The predicted octanol–water partition coefficient (Wildman–Crippen LogP) is 2.79. The van der Waals surface area contributed by atoms with E-state index >= 15 is 0 Å². The van der Waals surface area contributed by atoms with Gasteiger partial charge < -0.3 is 10.1 Å². The topological polar surface area (TPSA) is 55.6 Å². The zero-order valence-electron chi connectivity index (χ0n) is 13.5. The predicted molar refractivity (Wildman–Crippen MR) is 89.6 cm³/mol. The second kappa shape index (κ2) is 5.91. The van der Waals surface area contributed by atoms with E-state index < -0.39 is 0 Å². The van der Waals surface area contributed by atoms with Gasteiger partial charge in [0.1, 0.15) is 0 Å². The lowest BCUT2D eigenvalue weighted by Crippen LogP contribution is -2.63. The van der Waals surface area contributed by atoms with E-state index in [2.05, 4.69) is 17.2 Å². The van der Waals surface area contributed by atoms with Crippen LogP contribution in [0.5, 0.6) is 0 Å². The van der Waals surface area contributed by atoms with E-state index in [1.54, 1.807) is 11.3 Å². The van der Waals surface area contributed by atoms with Gasteiger partial charge in [0, 0.05) is 35.8 Å².